The van der Waals surface area contributed by atoms with Crippen LogP contribution in [0.15, 0.2) is 54.6 Å². The SMILES string of the molecule is CN(Cc1ccc(F)cc1)Cn1nnn(-c2ccccc2)c1=S. The van der Waals surface area contributed by atoms with Crippen LogP contribution in [0.25, 0.3) is 5.69 Å². The number of nitrogens with zero attached hydrogens (tertiary/aromatic N) is 5. The van der Waals surface area contributed by atoms with Crippen molar-refractivity contribution >= 4 is 12.2 Å². The summed E-state index contributed by atoms with van der Waals surface area (Å²) < 4.78 is 16.7. The van der Waals surface area contributed by atoms with E-state index in [1.807, 2.05) is 42.3 Å². The average molecular weight is 329 g/mol. The van der Waals surface area contributed by atoms with Crippen molar-refractivity contribution in [3.63, 3.8) is 0 Å². The maximum absolute atomic E-state index is 12.9. The Labute approximate surface area is 138 Å². The molecule has 0 fully saturated rings. The molecule has 3 rings (SSSR count). The van der Waals surface area contributed by atoms with Gasteiger partial charge in [-0.1, -0.05) is 30.3 Å². The van der Waals surface area contributed by atoms with Gasteiger partial charge in [-0.3, -0.25) is 4.90 Å². The van der Waals surface area contributed by atoms with E-state index in [0.717, 1.165) is 11.3 Å². The van der Waals surface area contributed by atoms with Gasteiger partial charge in [0, 0.05) is 6.54 Å². The number of rotatable bonds is 5. The molecule has 0 aliphatic rings. The van der Waals surface area contributed by atoms with Gasteiger partial charge in [0.05, 0.1) is 12.4 Å². The Morgan fingerprint density at radius 2 is 1.74 bits per heavy atom. The molecular weight excluding hydrogens is 313 g/mol. The Morgan fingerprint density at radius 3 is 2.43 bits per heavy atom. The number of para-hydroxylation sites is 1. The van der Waals surface area contributed by atoms with Gasteiger partial charge in [-0.25, -0.2) is 9.07 Å². The summed E-state index contributed by atoms with van der Waals surface area (Å²) in [6, 6.07) is 16.1. The maximum atomic E-state index is 12.9. The number of hydrogen-bond acceptors (Lipinski definition) is 4. The van der Waals surface area contributed by atoms with Crippen LogP contribution in [-0.4, -0.2) is 31.7 Å². The largest absolute Gasteiger partial charge is 0.283 e. The summed E-state index contributed by atoms with van der Waals surface area (Å²) >= 11 is 5.43. The summed E-state index contributed by atoms with van der Waals surface area (Å²) in [7, 11) is 1.95. The molecule has 5 nitrogen and oxygen atoms in total. The molecule has 7 heteroatoms. The normalized spacial score (nSPS) is 11.1. The Balaban J connectivity index is 1.72. The van der Waals surface area contributed by atoms with E-state index < -0.39 is 0 Å². The number of benzene rings is 2. The van der Waals surface area contributed by atoms with Crippen molar-refractivity contribution in [2.45, 2.75) is 13.2 Å². The summed E-state index contributed by atoms with van der Waals surface area (Å²) in [5.41, 5.74) is 1.90. The monoisotopic (exact) mass is 329 g/mol. The third kappa shape index (κ3) is 3.69. The van der Waals surface area contributed by atoms with E-state index in [9.17, 15) is 4.39 Å². The first-order valence-corrected chi connectivity index (χ1v) is 7.55. The van der Waals surface area contributed by atoms with Crippen LogP contribution < -0.4 is 0 Å². The van der Waals surface area contributed by atoms with Gasteiger partial charge in [-0.2, -0.15) is 4.68 Å². The summed E-state index contributed by atoms with van der Waals surface area (Å²) in [5, 5.41) is 8.22. The summed E-state index contributed by atoms with van der Waals surface area (Å²) in [5.74, 6) is -0.232. The summed E-state index contributed by atoms with van der Waals surface area (Å²) in [6.45, 7) is 1.17. The first kappa shape index (κ1) is 15.5. The van der Waals surface area contributed by atoms with Crippen molar-refractivity contribution in [2.24, 2.45) is 0 Å². The molecule has 3 aromatic rings. The second-order valence-electron chi connectivity index (χ2n) is 5.29. The third-order valence-electron chi connectivity index (χ3n) is 3.38. The molecule has 2 aromatic carbocycles. The fourth-order valence-electron chi connectivity index (χ4n) is 2.27. The highest BCUT2D eigenvalue weighted by atomic mass is 32.1. The van der Waals surface area contributed by atoms with Crippen LogP contribution in [0, 0.1) is 10.6 Å². The minimum Gasteiger partial charge on any atom is -0.283 e. The maximum Gasteiger partial charge on any atom is 0.221 e. The molecular formula is C16H16FN5S. The lowest BCUT2D eigenvalue weighted by molar-refractivity contribution is 0.242. The average Bonchev–Trinajstić information content (AvgIpc) is 2.91. The van der Waals surface area contributed by atoms with Crippen LogP contribution in [0.1, 0.15) is 5.56 Å². The topological polar surface area (TPSA) is 38.9 Å². The highest BCUT2D eigenvalue weighted by Gasteiger charge is 2.08. The Kier molecular flexibility index (Phi) is 4.59. The molecule has 0 amide bonds. The number of tetrazole rings is 1. The standard InChI is InChI=1S/C16H16FN5S/c1-20(11-13-7-9-14(17)10-8-13)12-21-16(23)22(19-18-21)15-5-3-2-4-6-15/h2-10H,11-12H2,1H3. The van der Waals surface area contributed by atoms with Crippen LogP contribution in [0.5, 0.6) is 0 Å². The Morgan fingerprint density at radius 1 is 1.04 bits per heavy atom. The molecule has 0 spiro atoms. The summed E-state index contributed by atoms with van der Waals surface area (Å²) in [6.07, 6.45) is 0. The van der Waals surface area contributed by atoms with Crippen LogP contribution >= 0.6 is 12.2 Å². The molecule has 0 saturated heterocycles. The lowest BCUT2D eigenvalue weighted by atomic mass is 10.2. The fraction of sp³-hybridized carbons (Fsp3) is 0.188. The van der Waals surface area contributed by atoms with Crippen molar-refractivity contribution in [3.8, 4) is 5.69 Å². The molecule has 1 heterocycles. The smallest absolute Gasteiger partial charge is 0.221 e. The molecule has 0 N–H and O–H groups in total. The first-order valence-electron chi connectivity index (χ1n) is 7.15. The Bertz CT molecular complexity index is 826. The van der Waals surface area contributed by atoms with E-state index in [0.29, 0.717) is 18.0 Å². The molecule has 0 aliphatic carbocycles. The van der Waals surface area contributed by atoms with E-state index in [2.05, 4.69) is 10.4 Å². The molecule has 118 valence electrons. The number of hydrogen-bond donors (Lipinski definition) is 0. The van der Waals surface area contributed by atoms with Gasteiger partial charge >= 0.3 is 0 Å². The molecule has 0 radical (unpaired) electrons. The zero-order valence-electron chi connectivity index (χ0n) is 12.6. The van der Waals surface area contributed by atoms with E-state index in [4.69, 9.17) is 12.2 Å². The second-order valence-corrected chi connectivity index (χ2v) is 5.66. The van der Waals surface area contributed by atoms with Gasteiger partial charge in [0.1, 0.15) is 5.82 Å². The van der Waals surface area contributed by atoms with Gasteiger partial charge in [0.15, 0.2) is 0 Å². The van der Waals surface area contributed by atoms with Gasteiger partial charge in [-0.15, -0.1) is 0 Å². The highest BCUT2D eigenvalue weighted by molar-refractivity contribution is 7.71. The van der Waals surface area contributed by atoms with Crippen LogP contribution in [-0.2, 0) is 13.2 Å². The predicted molar refractivity (Wildman–Crippen MR) is 88.1 cm³/mol. The Hall–Kier alpha value is -2.38. The highest BCUT2D eigenvalue weighted by Crippen LogP contribution is 2.08. The molecule has 0 aliphatic heterocycles. The lowest BCUT2D eigenvalue weighted by Crippen LogP contribution is -2.22. The third-order valence-corrected chi connectivity index (χ3v) is 3.76. The van der Waals surface area contributed by atoms with Crippen molar-refractivity contribution in [3.05, 3.63) is 70.7 Å². The number of aromatic nitrogens is 4. The zero-order valence-corrected chi connectivity index (χ0v) is 13.4. The van der Waals surface area contributed by atoms with Crippen LogP contribution in [0.4, 0.5) is 4.39 Å². The van der Waals surface area contributed by atoms with Gasteiger partial charge < -0.3 is 0 Å². The molecule has 0 atom stereocenters. The molecule has 1 aromatic heterocycles. The minimum atomic E-state index is -0.232. The van der Waals surface area contributed by atoms with Crippen LogP contribution in [0.2, 0.25) is 0 Å². The first-order chi connectivity index (χ1) is 11.1. The molecule has 23 heavy (non-hydrogen) atoms. The fourth-order valence-corrected chi connectivity index (χ4v) is 2.51. The van der Waals surface area contributed by atoms with E-state index in [-0.39, 0.29) is 5.82 Å². The van der Waals surface area contributed by atoms with Crippen molar-refractivity contribution < 1.29 is 4.39 Å². The molecule has 0 saturated carbocycles. The zero-order chi connectivity index (χ0) is 16.2. The second kappa shape index (κ2) is 6.80. The molecule has 0 unspecified atom stereocenters. The predicted octanol–water partition coefficient (Wildman–Crippen LogP) is 3.03. The van der Waals surface area contributed by atoms with Gasteiger partial charge in [-0.05, 0) is 59.5 Å². The lowest BCUT2D eigenvalue weighted by Gasteiger charge is -2.15. The summed E-state index contributed by atoms with van der Waals surface area (Å²) in [4.78, 5) is 2.03. The van der Waals surface area contributed by atoms with E-state index in [1.165, 1.54) is 12.1 Å². The van der Waals surface area contributed by atoms with Crippen LogP contribution in [0.3, 0.4) is 0 Å². The quantitative estimate of drug-likeness (QED) is 0.675. The van der Waals surface area contributed by atoms with Gasteiger partial charge in [0.2, 0.25) is 4.77 Å². The van der Waals surface area contributed by atoms with Gasteiger partial charge in [0.25, 0.3) is 0 Å². The van der Waals surface area contributed by atoms with Crippen molar-refractivity contribution in [1.29, 1.82) is 0 Å². The number of halogens is 1. The van der Waals surface area contributed by atoms with Crippen molar-refractivity contribution in [1.82, 2.24) is 24.7 Å². The van der Waals surface area contributed by atoms with E-state index in [1.54, 1.807) is 21.5 Å². The molecule has 0 bridgehead atoms. The van der Waals surface area contributed by atoms with E-state index >= 15 is 0 Å². The minimum absolute atomic E-state index is 0.232. The van der Waals surface area contributed by atoms with Crippen molar-refractivity contribution in [2.75, 3.05) is 7.05 Å².